The maximum Gasteiger partial charge on any atom is 0.107 e. The highest BCUT2D eigenvalue weighted by atomic mass is 32.1. The van der Waals surface area contributed by atoms with Gasteiger partial charge in [0.2, 0.25) is 0 Å². The Bertz CT molecular complexity index is 495. The summed E-state index contributed by atoms with van der Waals surface area (Å²) in [5.41, 5.74) is 2.57. The zero-order chi connectivity index (χ0) is 14.2. The molecule has 0 amide bonds. The number of aromatic nitrogens is 1. The van der Waals surface area contributed by atoms with Gasteiger partial charge in [-0.2, -0.15) is 0 Å². The van der Waals surface area contributed by atoms with Gasteiger partial charge in [-0.3, -0.25) is 0 Å². The van der Waals surface area contributed by atoms with Crippen molar-refractivity contribution < 1.29 is 0 Å². The summed E-state index contributed by atoms with van der Waals surface area (Å²) in [6.45, 7) is 5.98. The van der Waals surface area contributed by atoms with Gasteiger partial charge in [-0.15, -0.1) is 11.3 Å². The van der Waals surface area contributed by atoms with Crippen molar-refractivity contribution in [2.75, 3.05) is 20.1 Å². The quantitative estimate of drug-likeness (QED) is 0.810. The Morgan fingerprint density at radius 2 is 2.05 bits per heavy atom. The minimum Gasteiger partial charge on any atom is -0.311 e. The second kappa shape index (κ2) is 8.15. The van der Waals surface area contributed by atoms with Gasteiger partial charge in [0.15, 0.2) is 0 Å². The second-order valence-electron chi connectivity index (χ2n) is 4.99. The molecule has 20 heavy (non-hydrogen) atoms. The molecular weight excluding hydrogens is 266 g/mol. The topological polar surface area (TPSA) is 28.2 Å². The first-order valence-corrected chi connectivity index (χ1v) is 8.02. The van der Waals surface area contributed by atoms with Gasteiger partial charge < -0.3 is 10.2 Å². The van der Waals surface area contributed by atoms with Gasteiger partial charge in [-0.1, -0.05) is 37.3 Å². The Morgan fingerprint density at radius 1 is 1.25 bits per heavy atom. The van der Waals surface area contributed by atoms with Crippen LogP contribution < -0.4 is 5.32 Å². The van der Waals surface area contributed by atoms with Crippen LogP contribution in [0.25, 0.3) is 0 Å². The number of likely N-dealkylation sites (N-methyl/N-ethyl adjacent to an activating group) is 1. The van der Waals surface area contributed by atoms with Crippen molar-refractivity contribution in [3.63, 3.8) is 0 Å². The lowest BCUT2D eigenvalue weighted by atomic mass is 10.1. The first-order valence-electron chi connectivity index (χ1n) is 7.14. The van der Waals surface area contributed by atoms with Gasteiger partial charge in [-0.05, 0) is 25.6 Å². The summed E-state index contributed by atoms with van der Waals surface area (Å²) >= 11 is 1.75. The van der Waals surface area contributed by atoms with Gasteiger partial charge >= 0.3 is 0 Å². The van der Waals surface area contributed by atoms with Crippen LogP contribution >= 0.6 is 11.3 Å². The molecule has 0 aliphatic carbocycles. The number of nitrogens with one attached hydrogen (secondary N) is 1. The Hall–Kier alpha value is -1.23. The summed E-state index contributed by atoms with van der Waals surface area (Å²) in [4.78, 5) is 6.99. The molecule has 0 atom stereocenters. The van der Waals surface area contributed by atoms with Crippen LogP contribution in [0.15, 0.2) is 35.7 Å². The molecule has 0 saturated heterocycles. The monoisotopic (exact) mass is 289 g/mol. The van der Waals surface area contributed by atoms with Gasteiger partial charge in [-0.25, -0.2) is 4.98 Å². The summed E-state index contributed by atoms with van der Waals surface area (Å²) in [5.74, 6) is 0. The summed E-state index contributed by atoms with van der Waals surface area (Å²) in [7, 11) is 2.16. The van der Waals surface area contributed by atoms with E-state index >= 15 is 0 Å². The molecule has 1 aromatic heterocycles. The highest BCUT2D eigenvalue weighted by Gasteiger charge is 2.05. The summed E-state index contributed by atoms with van der Waals surface area (Å²) in [6, 6.07) is 10.6. The molecule has 0 aliphatic heterocycles. The fourth-order valence-corrected chi connectivity index (χ4v) is 2.81. The molecule has 0 spiro atoms. The van der Waals surface area contributed by atoms with E-state index < -0.39 is 0 Å². The highest BCUT2D eigenvalue weighted by Crippen LogP contribution is 2.11. The molecule has 1 N–H and O–H groups in total. The van der Waals surface area contributed by atoms with Crippen molar-refractivity contribution in [3.05, 3.63) is 52.0 Å². The van der Waals surface area contributed by atoms with Crippen LogP contribution in [0.5, 0.6) is 0 Å². The van der Waals surface area contributed by atoms with E-state index in [4.69, 9.17) is 0 Å². The molecule has 1 heterocycles. The molecule has 108 valence electrons. The molecule has 2 aromatic rings. The standard InChI is InChI=1S/C16H23N3S/c1-3-17-11-16-18-15(13-20-16)12-19(2)10-9-14-7-5-4-6-8-14/h4-8,13,17H,3,9-12H2,1-2H3. The van der Waals surface area contributed by atoms with E-state index in [1.54, 1.807) is 11.3 Å². The van der Waals surface area contributed by atoms with Crippen molar-refractivity contribution in [2.24, 2.45) is 0 Å². The lowest BCUT2D eigenvalue weighted by Gasteiger charge is -2.15. The number of rotatable bonds is 8. The minimum absolute atomic E-state index is 0.884. The van der Waals surface area contributed by atoms with Crippen LogP contribution in [0.3, 0.4) is 0 Å². The molecule has 4 heteroatoms. The maximum atomic E-state index is 4.66. The van der Waals surface area contributed by atoms with Crippen molar-refractivity contribution >= 4 is 11.3 Å². The van der Waals surface area contributed by atoms with Crippen molar-refractivity contribution in [1.29, 1.82) is 0 Å². The number of nitrogens with zero attached hydrogens (tertiary/aromatic N) is 2. The van der Waals surface area contributed by atoms with Crippen molar-refractivity contribution in [3.8, 4) is 0 Å². The van der Waals surface area contributed by atoms with E-state index in [1.165, 1.54) is 16.3 Å². The minimum atomic E-state index is 0.884. The lowest BCUT2D eigenvalue weighted by Crippen LogP contribution is -2.21. The SMILES string of the molecule is CCNCc1nc(CN(C)CCc2ccccc2)cs1. The third-order valence-corrected chi connectivity index (χ3v) is 4.08. The lowest BCUT2D eigenvalue weighted by molar-refractivity contribution is 0.327. The molecule has 2 rings (SSSR count). The number of benzene rings is 1. The third-order valence-electron chi connectivity index (χ3n) is 3.18. The molecule has 0 radical (unpaired) electrons. The maximum absolute atomic E-state index is 4.66. The molecule has 0 unspecified atom stereocenters. The molecule has 0 bridgehead atoms. The number of hydrogen-bond acceptors (Lipinski definition) is 4. The van der Waals surface area contributed by atoms with Gasteiger partial charge in [0, 0.05) is 25.0 Å². The Balaban J connectivity index is 1.76. The predicted octanol–water partition coefficient (Wildman–Crippen LogP) is 2.93. The van der Waals surface area contributed by atoms with Crippen molar-refractivity contribution in [2.45, 2.75) is 26.4 Å². The van der Waals surface area contributed by atoms with Gasteiger partial charge in [0.25, 0.3) is 0 Å². The average Bonchev–Trinajstić information content (AvgIpc) is 2.91. The molecule has 1 aromatic carbocycles. The zero-order valence-corrected chi connectivity index (χ0v) is 13.1. The van der Waals surface area contributed by atoms with Crippen LogP contribution in [0.1, 0.15) is 23.2 Å². The third kappa shape index (κ3) is 5.04. The van der Waals surface area contributed by atoms with E-state index in [1.807, 2.05) is 0 Å². The van der Waals surface area contributed by atoms with E-state index in [-0.39, 0.29) is 0 Å². The predicted molar refractivity (Wildman–Crippen MR) is 86.0 cm³/mol. The zero-order valence-electron chi connectivity index (χ0n) is 12.3. The first kappa shape index (κ1) is 15.2. The van der Waals surface area contributed by atoms with Crippen LogP contribution in [0, 0.1) is 0 Å². The van der Waals surface area contributed by atoms with Crippen LogP contribution in [0.4, 0.5) is 0 Å². The van der Waals surface area contributed by atoms with Crippen molar-refractivity contribution in [1.82, 2.24) is 15.2 Å². The van der Waals surface area contributed by atoms with E-state index in [2.05, 4.69) is 64.9 Å². The number of thiazole rings is 1. The Morgan fingerprint density at radius 3 is 2.80 bits per heavy atom. The fourth-order valence-electron chi connectivity index (χ4n) is 2.05. The van der Waals surface area contributed by atoms with Gasteiger partial charge in [0.1, 0.15) is 5.01 Å². The van der Waals surface area contributed by atoms with E-state index in [0.717, 1.165) is 32.6 Å². The Kier molecular flexibility index (Phi) is 6.18. The largest absolute Gasteiger partial charge is 0.311 e. The summed E-state index contributed by atoms with van der Waals surface area (Å²) < 4.78 is 0. The normalized spacial score (nSPS) is 11.2. The van der Waals surface area contributed by atoms with Crippen LogP contribution in [0.2, 0.25) is 0 Å². The summed E-state index contributed by atoms with van der Waals surface area (Å²) in [6.07, 6.45) is 1.09. The smallest absolute Gasteiger partial charge is 0.107 e. The molecule has 0 aliphatic rings. The van der Waals surface area contributed by atoms with Crippen LogP contribution in [-0.2, 0) is 19.5 Å². The van der Waals surface area contributed by atoms with E-state index in [9.17, 15) is 0 Å². The average molecular weight is 289 g/mol. The number of hydrogen-bond donors (Lipinski definition) is 1. The molecule has 0 saturated carbocycles. The second-order valence-corrected chi connectivity index (χ2v) is 5.93. The molecular formula is C16H23N3S. The van der Waals surface area contributed by atoms with Crippen LogP contribution in [-0.4, -0.2) is 30.0 Å². The Labute approximate surface area is 125 Å². The molecule has 0 fully saturated rings. The fraction of sp³-hybridized carbons (Fsp3) is 0.438. The van der Waals surface area contributed by atoms with Gasteiger partial charge in [0.05, 0.1) is 5.69 Å². The summed E-state index contributed by atoms with van der Waals surface area (Å²) in [5, 5.41) is 6.66. The first-order chi connectivity index (χ1) is 9.78. The van der Waals surface area contributed by atoms with E-state index in [0.29, 0.717) is 0 Å². The molecule has 3 nitrogen and oxygen atoms in total. The highest BCUT2D eigenvalue weighted by molar-refractivity contribution is 7.09.